The normalized spacial score (nSPS) is 24.9. The van der Waals surface area contributed by atoms with E-state index in [0.29, 0.717) is 11.8 Å². The van der Waals surface area contributed by atoms with Crippen LogP contribution in [0.3, 0.4) is 0 Å². The molecule has 0 heterocycles. The fourth-order valence-electron chi connectivity index (χ4n) is 2.83. The van der Waals surface area contributed by atoms with Crippen molar-refractivity contribution < 1.29 is 0 Å². The molecule has 0 radical (unpaired) electrons. The summed E-state index contributed by atoms with van der Waals surface area (Å²) in [6.45, 7) is 20.1. The second-order valence-corrected chi connectivity index (χ2v) is 6.89. The third-order valence-corrected chi connectivity index (χ3v) is 5.08. The molecule has 18 heavy (non-hydrogen) atoms. The first-order chi connectivity index (χ1) is 8.20. The van der Waals surface area contributed by atoms with E-state index < -0.39 is 0 Å². The van der Waals surface area contributed by atoms with Gasteiger partial charge in [0.2, 0.25) is 0 Å². The Morgan fingerprint density at radius 3 is 2.28 bits per heavy atom. The van der Waals surface area contributed by atoms with E-state index in [-0.39, 0.29) is 5.41 Å². The van der Waals surface area contributed by atoms with Crippen LogP contribution in [0.25, 0.3) is 0 Å². The number of allylic oxidation sites excluding steroid dienone is 5. The first kappa shape index (κ1) is 15.3. The summed E-state index contributed by atoms with van der Waals surface area (Å²) < 4.78 is 0. The molecule has 0 N–H and O–H groups in total. The van der Waals surface area contributed by atoms with Crippen LogP contribution in [0.4, 0.5) is 0 Å². The van der Waals surface area contributed by atoms with E-state index in [2.05, 4.69) is 67.2 Å². The average Bonchev–Trinajstić information content (AvgIpc) is 2.32. The van der Waals surface area contributed by atoms with Gasteiger partial charge in [-0.2, -0.15) is 0 Å². The standard InChI is InChI=1S/C18H30/c1-9-18(7,8)17(11-13(4)12(2)3)16-10-14(5)15(16)6/h9-10,15-17H,1,11H2,2-8H3. The van der Waals surface area contributed by atoms with Crippen molar-refractivity contribution in [3.63, 3.8) is 0 Å². The van der Waals surface area contributed by atoms with Crippen LogP contribution in [0.1, 0.15) is 54.9 Å². The Labute approximate surface area is 114 Å². The zero-order chi connectivity index (χ0) is 14.1. The zero-order valence-corrected chi connectivity index (χ0v) is 13.3. The lowest BCUT2D eigenvalue weighted by molar-refractivity contribution is 0.166. The zero-order valence-electron chi connectivity index (χ0n) is 13.3. The lowest BCUT2D eigenvalue weighted by Gasteiger charge is -2.45. The van der Waals surface area contributed by atoms with E-state index in [1.54, 1.807) is 11.1 Å². The number of hydrogen-bond acceptors (Lipinski definition) is 0. The lowest BCUT2D eigenvalue weighted by atomic mass is 9.60. The molecule has 0 aromatic carbocycles. The molecule has 0 aliphatic heterocycles. The van der Waals surface area contributed by atoms with E-state index in [4.69, 9.17) is 0 Å². The largest absolute Gasteiger partial charge is 0.103 e. The number of rotatable bonds is 5. The Bertz CT molecular complexity index is 375. The van der Waals surface area contributed by atoms with Crippen LogP contribution >= 0.6 is 0 Å². The van der Waals surface area contributed by atoms with Crippen LogP contribution in [0.2, 0.25) is 0 Å². The van der Waals surface area contributed by atoms with Gasteiger partial charge in [-0.1, -0.05) is 49.6 Å². The van der Waals surface area contributed by atoms with Crippen molar-refractivity contribution in [3.8, 4) is 0 Å². The molecule has 3 unspecified atom stereocenters. The molecule has 0 aromatic heterocycles. The Morgan fingerprint density at radius 1 is 1.39 bits per heavy atom. The van der Waals surface area contributed by atoms with Crippen molar-refractivity contribution >= 4 is 0 Å². The smallest absolute Gasteiger partial charge is 0.0128 e. The minimum absolute atomic E-state index is 0.201. The molecular weight excluding hydrogens is 216 g/mol. The van der Waals surface area contributed by atoms with E-state index in [1.165, 1.54) is 12.0 Å². The highest BCUT2D eigenvalue weighted by atomic mass is 14.4. The van der Waals surface area contributed by atoms with E-state index in [0.717, 1.165) is 5.92 Å². The van der Waals surface area contributed by atoms with Gasteiger partial charge in [0.15, 0.2) is 0 Å². The highest BCUT2D eigenvalue weighted by molar-refractivity contribution is 5.23. The van der Waals surface area contributed by atoms with Gasteiger partial charge in [0.05, 0.1) is 0 Å². The Hall–Kier alpha value is -0.780. The predicted molar refractivity (Wildman–Crippen MR) is 82.5 cm³/mol. The summed E-state index contributed by atoms with van der Waals surface area (Å²) in [5.74, 6) is 2.12. The second kappa shape index (κ2) is 5.47. The minimum Gasteiger partial charge on any atom is -0.103 e. The molecule has 0 nitrogen and oxygen atoms in total. The van der Waals surface area contributed by atoms with Crippen LogP contribution in [-0.2, 0) is 0 Å². The third-order valence-electron chi connectivity index (χ3n) is 5.08. The predicted octanol–water partition coefficient (Wildman–Crippen LogP) is 5.77. The van der Waals surface area contributed by atoms with Crippen molar-refractivity contribution in [1.29, 1.82) is 0 Å². The van der Waals surface area contributed by atoms with Gasteiger partial charge in [-0.25, -0.2) is 0 Å². The van der Waals surface area contributed by atoms with Crippen molar-refractivity contribution in [2.24, 2.45) is 23.2 Å². The highest BCUT2D eigenvalue weighted by Gasteiger charge is 2.39. The molecule has 0 aromatic rings. The monoisotopic (exact) mass is 246 g/mol. The van der Waals surface area contributed by atoms with Gasteiger partial charge < -0.3 is 0 Å². The van der Waals surface area contributed by atoms with Crippen LogP contribution < -0.4 is 0 Å². The molecule has 0 spiro atoms. The summed E-state index contributed by atoms with van der Waals surface area (Å²) >= 11 is 0. The SMILES string of the molecule is C=CC(C)(C)C(CC(C)=C(C)C)C1C=C(C)C1C. The third kappa shape index (κ3) is 2.96. The van der Waals surface area contributed by atoms with E-state index in [1.807, 2.05) is 0 Å². The molecule has 102 valence electrons. The van der Waals surface area contributed by atoms with Crippen molar-refractivity contribution in [3.05, 3.63) is 35.5 Å². The fraction of sp³-hybridized carbons (Fsp3) is 0.667. The maximum Gasteiger partial charge on any atom is -0.0128 e. The van der Waals surface area contributed by atoms with Gasteiger partial charge in [-0.05, 0) is 57.3 Å². The number of hydrogen-bond donors (Lipinski definition) is 0. The maximum atomic E-state index is 4.05. The summed E-state index contributed by atoms with van der Waals surface area (Å²) in [6.07, 6.45) is 5.81. The van der Waals surface area contributed by atoms with Crippen LogP contribution in [-0.4, -0.2) is 0 Å². The molecule has 0 heteroatoms. The molecule has 1 aliphatic carbocycles. The van der Waals surface area contributed by atoms with Crippen molar-refractivity contribution in [1.82, 2.24) is 0 Å². The van der Waals surface area contributed by atoms with Crippen LogP contribution in [0.15, 0.2) is 35.5 Å². The molecular formula is C18H30. The Morgan fingerprint density at radius 2 is 1.94 bits per heavy atom. The van der Waals surface area contributed by atoms with Gasteiger partial charge in [-0.15, -0.1) is 6.58 Å². The van der Waals surface area contributed by atoms with Gasteiger partial charge in [0, 0.05) is 0 Å². The first-order valence-electron chi connectivity index (χ1n) is 7.15. The topological polar surface area (TPSA) is 0 Å². The Kier molecular flexibility index (Phi) is 4.64. The summed E-state index contributed by atoms with van der Waals surface area (Å²) in [6, 6.07) is 0. The van der Waals surface area contributed by atoms with Gasteiger partial charge in [-0.3, -0.25) is 0 Å². The Balaban J connectivity index is 2.98. The molecule has 1 aliphatic rings. The van der Waals surface area contributed by atoms with Crippen molar-refractivity contribution in [2.75, 3.05) is 0 Å². The molecule has 0 amide bonds. The fourth-order valence-corrected chi connectivity index (χ4v) is 2.83. The summed E-state index contributed by atoms with van der Waals surface area (Å²) in [4.78, 5) is 0. The molecule has 3 atom stereocenters. The quantitative estimate of drug-likeness (QED) is 0.540. The van der Waals surface area contributed by atoms with Gasteiger partial charge in [0.25, 0.3) is 0 Å². The molecule has 0 bridgehead atoms. The van der Waals surface area contributed by atoms with Crippen molar-refractivity contribution in [2.45, 2.75) is 54.9 Å². The molecule has 0 fully saturated rings. The summed E-state index contributed by atoms with van der Waals surface area (Å²) in [7, 11) is 0. The molecule has 0 saturated carbocycles. The maximum absolute atomic E-state index is 4.05. The second-order valence-electron chi connectivity index (χ2n) is 6.89. The minimum atomic E-state index is 0.201. The van der Waals surface area contributed by atoms with Gasteiger partial charge >= 0.3 is 0 Å². The summed E-state index contributed by atoms with van der Waals surface area (Å²) in [5, 5.41) is 0. The van der Waals surface area contributed by atoms with Crippen LogP contribution in [0.5, 0.6) is 0 Å². The van der Waals surface area contributed by atoms with Crippen LogP contribution in [0, 0.1) is 23.2 Å². The lowest BCUT2D eigenvalue weighted by Crippen LogP contribution is -2.36. The first-order valence-corrected chi connectivity index (χ1v) is 7.15. The molecule has 0 saturated heterocycles. The average molecular weight is 246 g/mol. The van der Waals surface area contributed by atoms with E-state index in [9.17, 15) is 0 Å². The van der Waals surface area contributed by atoms with E-state index >= 15 is 0 Å². The van der Waals surface area contributed by atoms with Gasteiger partial charge in [0.1, 0.15) is 0 Å². The summed E-state index contributed by atoms with van der Waals surface area (Å²) in [5.41, 5.74) is 4.76. The highest BCUT2D eigenvalue weighted by Crippen LogP contribution is 2.48. The molecule has 1 rings (SSSR count).